The van der Waals surface area contributed by atoms with Crippen molar-refractivity contribution >= 4 is 11.7 Å². The molecule has 0 unspecified atom stereocenters. The van der Waals surface area contributed by atoms with Crippen molar-refractivity contribution in [2.45, 2.75) is 31.5 Å². The molecule has 1 N–H and O–H groups in total. The van der Waals surface area contributed by atoms with Gasteiger partial charge in [-0.3, -0.25) is 19.4 Å². The van der Waals surface area contributed by atoms with Crippen LogP contribution >= 0.6 is 0 Å². The number of rotatable bonds is 4. The fraction of sp³-hybridized carbons (Fsp3) is 0.600. The van der Waals surface area contributed by atoms with Gasteiger partial charge in [0.05, 0.1) is 12.6 Å². The van der Waals surface area contributed by atoms with E-state index in [-0.39, 0.29) is 17.7 Å². The van der Waals surface area contributed by atoms with Crippen molar-refractivity contribution in [3.8, 4) is 0 Å². The Balaban J connectivity index is 1.24. The Labute approximate surface area is 155 Å². The highest BCUT2D eigenvalue weighted by Gasteiger charge is 2.37. The van der Waals surface area contributed by atoms with Gasteiger partial charge in [0.15, 0.2) is 5.78 Å². The number of Topliss-reactive ketones (excluding diaryl/α,β-unsaturated/α-hetero) is 1. The molecule has 0 aromatic heterocycles. The van der Waals surface area contributed by atoms with Crippen LogP contribution in [0.3, 0.4) is 0 Å². The zero-order valence-corrected chi connectivity index (χ0v) is 15.3. The van der Waals surface area contributed by atoms with E-state index < -0.39 is 0 Å². The lowest BCUT2D eigenvalue weighted by Crippen LogP contribution is -2.50. The molecule has 6 nitrogen and oxygen atoms in total. The number of ketones is 1. The van der Waals surface area contributed by atoms with E-state index in [2.05, 4.69) is 45.4 Å². The molecule has 1 amide bonds. The minimum atomic E-state index is -0.117. The molecule has 0 bridgehead atoms. The Bertz CT molecular complexity index is 642. The first-order valence-electron chi connectivity index (χ1n) is 9.73. The van der Waals surface area contributed by atoms with E-state index in [9.17, 15) is 9.59 Å². The number of carbonyl (C=O) groups excluding carboxylic acids is 2. The number of hydrogen-bond acceptors (Lipinski definition) is 5. The summed E-state index contributed by atoms with van der Waals surface area (Å²) in [6.45, 7) is 7.05. The van der Waals surface area contributed by atoms with Crippen LogP contribution in [0.25, 0.3) is 0 Å². The molecule has 2 atom stereocenters. The number of nitrogens with zero attached hydrogens (tertiary/aromatic N) is 3. The Morgan fingerprint density at radius 3 is 2.54 bits per heavy atom. The molecular formula is C20H28N4O2. The average molecular weight is 356 g/mol. The molecule has 3 heterocycles. The van der Waals surface area contributed by atoms with Crippen LogP contribution in [0.2, 0.25) is 0 Å². The predicted octanol–water partition coefficient (Wildman–Crippen LogP) is 0.336. The molecule has 1 aromatic rings. The summed E-state index contributed by atoms with van der Waals surface area (Å²) in [6.07, 6.45) is 1.38. The van der Waals surface area contributed by atoms with Crippen molar-refractivity contribution in [3.05, 3.63) is 35.9 Å². The lowest BCUT2D eigenvalue weighted by molar-refractivity contribution is -0.133. The van der Waals surface area contributed by atoms with Crippen LogP contribution in [0.4, 0.5) is 0 Å². The Morgan fingerprint density at radius 2 is 1.85 bits per heavy atom. The SMILES string of the molecule is O=C1CCN(C(=O)[C@@H]2C[C@H](N3CCN(Cc4ccccc4)CC3)CN2)C1. The second-order valence-corrected chi connectivity index (χ2v) is 7.70. The second kappa shape index (κ2) is 7.86. The zero-order valence-electron chi connectivity index (χ0n) is 15.3. The van der Waals surface area contributed by atoms with E-state index in [4.69, 9.17) is 0 Å². The summed E-state index contributed by atoms with van der Waals surface area (Å²) in [5.41, 5.74) is 1.37. The van der Waals surface area contributed by atoms with E-state index in [0.717, 1.165) is 45.7 Å². The van der Waals surface area contributed by atoms with Crippen LogP contribution in [0.5, 0.6) is 0 Å². The second-order valence-electron chi connectivity index (χ2n) is 7.70. The van der Waals surface area contributed by atoms with Crippen molar-refractivity contribution in [2.24, 2.45) is 0 Å². The van der Waals surface area contributed by atoms with Crippen molar-refractivity contribution < 1.29 is 9.59 Å². The summed E-state index contributed by atoms with van der Waals surface area (Å²) < 4.78 is 0. The lowest BCUT2D eigenvalue weighted by atomic mass is 10.1. The van der Waals surface area contributed by atoms with Crippen LogP contribution in [0, 0.1) is 0 Å². The predicted molar refractivity (Wildman–Crippen MR) is 99.7 cm³/mol. The minimum absolute atomic E-state index is 0.112. The quantitative estimate of drug-likeness (QED) is 0.843. The monoisotopic (exact) mass is 356 g/mol. The Morgan fingerprint density at radius 1 is 1.08 bits per heavy atom. The maximum absolute atomic E-state index is 12.6. The van der Waals surface area contributed by atoms with E-state index in [1.54, 1.807) is 4.90 Å². The third kappa shape index (κ3) is 3.98. The highest BCUT2D eigenvalue weighted by molar-refractivity contribution is 5.91. The third-order valence-corrected chi connectivity index (χ3v) is 5.92. The minimum Gasteiger partial charge on any atom is -0.334 e. The number of carbonyl (C=O) groups is 2. The van der Waals surface area contributed by atoms with Gasteiger partial charge in [0.25, 0.3) is 0 Å². The number of likely N-dealkylation sites (tertiary alicyclic amines) is 1. The van der Waals surface area contributed by atoms with Gasteiger partial charge in [0.1, 0.15) is 0 Å². The van der Waals surface area contributed by atoms with Crippen molar-refractivity contribution in [2.75, 3.05) is 45.8 Å². The van der Waals surface area contributed by atoms with Gasteiger partial charge in [-0.05, 0) is 12.0 Å². The average Bonchev–Trinajstić information content (AvgIpc) is 3.32. The first-order valence-corrected chi connectivity index (χ1v) is 9.73. The third-order valence-electron chi connectivity index (χ3n) is 5.92. The van der Waals surface area contributed by atoms with Crippen LogP contribution < -0.4 is 5.32 Å². The van der Waals surface area contributed by atoms with Crippen LogP contribution in [0.1, 0.15) is 18.4 Å². The standard InChI is InChI=1S/C20H28N4O2/c25-18-6-7-24(15-18)20(26)19-12-17(13-21-19)23-10-8-22(9-11-23)14-16-4-2-1-3-5-16/h1-5,17,19,21H,6-15H2/t17-,19-/m0/s1. The number of benzene rings is 1. The molecule has 4 rings (SSSR count). The van der Waals surface area contributed by atoms with Crippen LogP contribution in [-0.2, 0) is 16.1 Å². The van der Waals surface area contributed by atoms with Crippen molar-refractivity contribution in [1.82, 2.24) is 20.0 Å². The molecule has 3 saturated heterocycles. The molecule has 0 saturated carbocycles. The van der Waals surface area contributed by atoms with Crippen molar-refractivity contribution in [1.29, 1.82) is 0 Å². The first-order chi connectivity index (χ1) is 12.7. The molecule has 0 aliphatic carbocycles. The maximum Gasteiger partial charge on any atom is 0.240 e. The molecule has 26 heavy (non-hydrogen) atoms. The van der Waals surface area contributed by atoms with Gasteiger partial charge in [-0.1, -0.05) is 30.3 Å². The number of amides is 1. The van der Waals surface area contributed by atoms with Gasteiger partial charge >= 0.3 is 0 Å². The fourth-order valence-corrected chi connectivity index (χ4v) is 4.35. The highest BCUT2D eigenvalue weighted by Crippen LogP contribution is 2.19. The lowest BCUT2D eigenvalue weighted by Gasteiger charge is -2.38. The normalized spacial score (nSPS) is 28.0. The topological polar surface area (TPSA) is 55.9 Å². The summed E-state index contributed by atoms with van der Waals surface area (Å²) in [5, 5.41) is 3.39. The van der Waals surface area contributed by atoms with Gasteiger partial charge in [-0.15, -0.1) is 0 Å². The van der Waals surface area contributed by atoms with E-state index in [1.807, 2.05) is 0 Å². The van der Waals surface area contributed by atoms with Gasteiger partial charge in [0, 0.05) is 58.3 Å². The summed E-state index contributed by atoms with van der Waals surface area (Å²) in [5.74, 6) is 0.295. The molecule has 3 fully saturated rings. The van der Waals surface area contributed by atoms with E-state index >= 15 is 0 Å². The zero-order chi connectivity index (χ0) is 17.9. The molecule has 6 heteroatoms. The fourth-order valence-electron chi connectivity index (χ4n) is 4.35. The first kappa shape index (κ1) is 17.6. The molecule has 0 radical (unpaired) electrons. The van der Waals surface area contributed by atoms with Crippen LogP contribution in [0.15, 0.2) is 30.3 Å². The summed E-state index contributed by atoms with van der Waals surface area (Å²) in [4.78, 5) is 30.7. The number of hydrogen-bond donors (Lipinski definition) is 1. The maximum atomic E-state index is 12.6. The summed E-state index contributed by atoms with van der Waals surface area (Å²) in [6, 6.07) is 10.9. The molecule has 1 aromatic carbocycles. The van der Waals surface area contributed by atoms with Gasteiger partial charge in [-0.2, -0.15) is 0 Å². The number of piperazine rings is 1. The largest absolute Gasteiger partial charge is 0.334 e. The summed E-state index contributed by atoms with van der Waals surface area (Å²) >= 11 is 0. The molecule has 3 aliphatic rings. The van der Waals surface area contributed by atoms with Gasteiger partial charge < -0.3 is 10.2 Å². The van der Waals surface area contributed by atoms with Gasteiger partial charge in [0.2, 0.25) is 5.91 Å². The van der Waals surface area contributed by atoms with E-state index in [1.165, 1.54) is 5.56 Å². The Kier molecular flexibility index (Phi) is 5.33. The molecule has 3 aliphatic heterocycles. The number of nitrogens with one attached hydrogen (secondary N) is 1. The van der Waals surface area contributed by atoms with Gasteiger partial charge in [-0.25, -0.2) is 0 Å². The van der Waals surface area contributed by atoms with E-state index in [0.29, 0.717) is 25.6 Å². The summed E-state index contributed by atoms with van der Waals surface area (Å²) in [7, 11) is 0. The highest BCUT2D eigenvalue weighted by atomic mass is 16.2. The molecular weight excluding hydrogens is 328 g/mol. The smallest absolute Gasteiger partial charge is 0.240 e. The van der Waals surface area contributed by atoms with Crippen LogP contribution in [-0.4, -0.2) is 84.3 Å². The molecule has 140 valence electrons. The Hall–Kier alpha value is -1.76. The van der Waals surface area contributed by atoms with Crippen molar-refractivity contribution in [3.63, 3.8) is 0 Å². The molecule has 0 spiro atoms.